The molecule has 0 atom stereocenters. The molecule has 0 fully saturated rings. The van der Waals surface area contributed by atoms with Gasteiger partial charge in [-0.25, -0.2) is 4.98 Å². The largest absolute Gasteiger partial charge is 0.353 e. The van der Waals surface area contributed by atoms with Crippen LogP contribution in [-0.2, 0) is 17.9 Å². The van der Waals surface area contributed by atoms with E-state index in [9.17, 15) is 9.59 Å². The quantitative estimate of drug-likeness (QED) is 0.602. The Morgan fingerprint density at radius 1 is 1.00 bits per heavy atom. The first-order valence-electron chi connectivity index (χ1n) is 8.47. The van der Waals surface area contributed by atoms with E-state index in [1.54, 1.807) is 18.2 Å². The van der Waals surface area contributed by atoms with Gasteiger partial charge >= 0.3 is 0 Å². The molecule has 0 saturated carbocycles. The Morgan fingerprint density at radius 2 is 1.81 bits per heavy atom. The van der Waals surface area contributed by atoms with Crippen molar-refractivity contribution in [3.05, 3.63) is 77.5 Å². The lowest BCUT2D eigenvalue weighted by molar-refractivity contribution is -0.121. The van der Waals surface area contributed by atoms with Gasteiger partial charge in [-0.05, 0) is 29.7 Å². The van der Waals surface area contributed by atoms with Gasteiger partial charge in [-0.3, -0.25) is 14.2 Å². The summed E-state index contributed by atoms with van der Waals surface area (Å²) in [6.45, 7) is 1.13. The molecule has 6 heteroatoms. The van der Waals surface area contributed by atoms with Crippen molar-refractivity contribution in [2.75, 3.05) is 6.54 Å². The van der Waals surface area contributed by atoms with Crippen molar-refractivity contribution in [1.82, 2.24) is 19.4 Å². The first-order valence-corrected chi connectivity index (χ1v) is 8.47. The summed E-state index contributed by atoms with van der Waals surface area (Å²) in [6, 6.07) is 17.3. The maximum atomic E-state index is 12.4. The lowest BCUT2D eigenvalue weighted by Gasteiger charge is -2.09. The van der Waals surface area contributed by atoms with Gasteiger partial charge in [0.1, 0.15) is 6.54 Å². The molecule has 2 aromatic carbocycles. The average molecular weight is 346 g/mol. The van der Waals surface area contributed by atoms with Gasteiger partial charge < -0.3 is 9.88 Å². The number of hydrogen-bond donors (Lipinski definition) is 1. The molecule has 0 radical (unpaired) electrons. The Kier molecular flexibility index (Phi) is 4.23. The maximum absolute atomic E-state index is 12.4. The third kappa shape index (κ3) is 3.09. The molecule has 0 unspecified atom stereocenters. The number of nitrogens with zero attached hydrogens (tertiary/aromatic N) is 3. The molecule has 0 bridgehead atoms. The summed E-state index contributed by atoms with van der Waals surface area (Å²) in [6.07, 6.45) is 3.43. The number of nitrogens with one attached hydrogen (secondary N) is 1. The van der Waals surface area contributed by atoms with Crippen LogP contribution < -0.4 is 10.9 Å². The van der Waals surface area contributed by atoms with Crippen LogP contribution in [0.5, 0.6) is 0 Å². The molecule has 2 aromatic heterocycles. The molecule has 0 aliphatic heterocycles. The summed E-state index contributed by atoms with van der Waals surface area (Å²) in [5.41, 5.74) is 1.56. The minimum atomic E-state index is -0.208. The monoisotopic (exact) mass is 346 g/mol. The molecule has 0 spiro atoms. The van der Waals surface area contributed by atoms with E-state index in [-0.39, 0.29) is 18.0 Å². The normalized spacial score (nSPS) is 11.1. The lowest BCUT2D eigenvalue weighted by atomic mass is 10.2. The number of benzene rings is 2. The van der Waals surface area contributed by atoms with E-state index in [1.165, 1.54) is 16.3 Å². The van der Waals surface area contributed by atoms with E-state index in [2.05, 4.69) is 33.1 Å². The van der Waals surface area contributed by atoms with Gasteiger partial charge in [-0.15, -0.1) is 0 Å². The standard InChI is InChI=1S/C20H18N4O2/c25-19(13-24-14-22-17-7-3-2-6-16(17)20(24)26)21-10-12-23-11-9-15-5-1-4-8-18(15)23/h1-9,11,14H,10,12-13H2,(H,21,25). The summed E-state index contributed by atoms with van der Waals surface area (Å²) in [5, 5.41) is 4.55. The number of amides is 1. The summed E-state index contributed by atoms with van der Waals surface area (Å²) >= 11 is 0. The number of carbonyl (C=O) groups excluding carboxylic acids is 1. The molecular formula is C20H18N4O2. The molecular weight excluding hydrogens is 328 g/mol. The topological polar surface area (TPSA) is 68.9 Å². The number of fused-ring (bicyclic) bond motifs is 2. The zero-order chi connectivity index (χ0) is 17.9. The number of rotatable bonds is 5. The Morgan fingerprint density at radius 3 is 2.73 bits per heavy atom. The summed E-state index contributed by atoms with van der Waals surface area (Å²) < 4.78 is 3.43. The molecule has 4 rings (SSSR count). The van der Waals surface area contributed by atoms with Crippen LogP contribution in [0.1, 0.15) is 0 Å². The molecule has 4 aromatic rings. The molecule has 0 aliphatic rings. The minimum absolute atomic E-state index is 0.0386. The Labute approximate surface area is 149 Å². The third-order valence-corrected chi connectivity index (χ3v) is 4.40. The highest BCUT2D eigenvalue weighted by Crippen LogP contribution is 2.14. The second-order valence-electron chi connectivity index (χ2n) is 6.11. The second-order valence-corrected chi connectivity index (χ2v) is 6.11. The molecule has 26 heavy (non-hydrogen) atoms. The zero-order valence-corrected chi connectivity index (χ0v) is 14.1. The van der Waals surface area contributed by atoms with E-state index >= 15 is 0 Å². The van der Waals surface area contributed by atoms with Crippen LogP contribution in [0.15, 0.2) is 71.9 Å². The van der Waals surface area contributed by atoms with Crippen molar-refractivity contribution in [3.63, 3.8) is 0 Å². The third-order valence-electron chi connectivity index (χ3n) is 4.40. The summed E-state index contributed by atoms with van der Waals surface area (Å²) in [4.78, 5) is 28.8. The number of para-hydroxylation sites is 2. The molecule has 2 heterocycles. The van der Waals surface area contributed by atoms with Crippen molar-refractivity contribution >= 4 is 27.7 Å². The van der Waals surface area contributed by atoms with E-state index in [4.69, 9.17) is 0 Å². The predicted octanol–water partition coefficient (Wildman–Crippen LogP) is 2.17. The zero-order valence-electron chi connectivity index (χ0n) is 14.1. The Hall–Kier alpha value is -3.41. The average Bonchev–Trinajstić information content (AvgIpc) is 3.08. The highest BCUT2D eigenvalue weighted by molar-refractivity contribution is 5.80. The molecule has 1 amide bonds. The van der Waals surface area contributed by atoms with E-state index in [0.717, 1.165) is 5.52 Å². The molecule has 1 N–H and O–H groups in total. The van der Waals surface area contributed by atoms with Crippen LogP contribution >= 0.6 is 0 Å². The van der Waals surface area contributed by atoms with Crippen LogP contribution in [0.4, 0.5) is 0 Å². The van der Waals surface area contributed by atoms with E-state index < -0.39 is 0 Å². The number of carbonyl (C=O) groups is 1. The van der Waals surface area contributed by atoms with Gasteiger partial charge in [-0.1, -0.05) is 30.3 Å². The van der Waals surface area contributed by atoms with Crippen molar-refractivity contribution in [3.8, 4) is 0 Å². The second kappa shape index (κ2) is 6.84. The highest BCUT2D eigenvalue weighted by atomic mass is 16.2. The van der Waals surface area contributed by atoms with Crippen molar-refractivity contribution in [2.45, 2.75) is 13.1 Å². The smallest absolute Gasteiger partial charge is 0.261 e. The fourth-order valence-corrected chi connectivity index (χ4v) is 3.08. The summed E-state index contributed by atoms with van der Waals surface area (Å²) in [7, 11) is 0. The van der Waals surface area contributed by atoms with Crippen LogP contribution in [0.3, 0.4) is 0 Å². The van der Waals surface area contributed by atoms with Gasteiger partial charge in [0.05, 0.1) is 17.2 Å². The van der Waals surface area contributed by atoms with Gasteiger partial charge in [0, 0.05) is 24.8 Å². The number of hydrogen-bond acceptors (Lipinski definition) is 3. The molecule has 0 saturated heterocycles. The lowest BCUT2D eigenvalue weighted by Crippen LogP contribution is -2.34. The van der Waals surface area contributed by atoms with Crippen molar-refractivity contribution < 1.29 is 4.79 Å². The van der Waals surface area contributed by atoms with Gasteiger partial charge in [0.2, 0.25) is 5.91 Å². The van der Waals surface area contributed by atoms with Gasteiger partial charge in [0.15, 0.2) is 0 Å². The molecule has 0 aliphatic carbocycles. The molecule has 130 valence electrons. The van der Waals surface area contributed by atoms with Crippen LogP contribution in [0.2, 0.25) is 0 Å². The maximum Gasteiger partial charge on any atom is 0.261 e. The fourth-order valence-electron chi connectivity index (χ4n) is 3.08. The van der Waals surface area contributed by atoms with E-state index in [0.29, 0.717) is 24.0 Å². The highest BCUT2D eigenvalue weighted by Gasteiger charge is 2.08. The predicted molar refractivity (Wildman–Crippen MR) is 101 cm³/mol. The SMILES string of the molecule is O=C(Cn1cnc2ccccc2c1=O)NCCn1ccc2ccccc21. The summed E-state index contributed by atoms with van der Waals surface area (Å²) in [5.74, 6) is -0.208. The van der Waals surface area contributed by atoms with Crippen molar-refractivity contribution in [1.29, 1.82) is 0 Å². The van der Waals surface area contributed by atoms with Gasteiger partial charge in [0.25, 0.3) is 5.56 Å². The Bertz CT molecular complexity index is 1140. The number of aromatic nitrogens is 3. The molecule has 6 nitrogen and oxygen atoms in total. The van der Waals surface area contributed by atoms with Crippen LogP contribution in [-0.4, -0.2) is 26.6 Å². The van der Waals surface area contributed by atoms with E-state index in [1.807, 2.05) is 24.4 Å². The fraction of sp³-hybridized carbons (Fsp3) is 0.150. The minimum Gasteiger partial charge on any atom is -0.353 e. The Balaban J connectivity index is 1.40. The van der Waals surface area contributed by atoms with Gasteiger partial charge in [-0.2, -0.15) is 0 Å². The van der Waals surface area contributed by atoms with Crippen LogP contribution in [0.25, 0.3) is 21.8 Å². The first-order chi connectivity index (χ1) is 12.7. The first kappa shape index (κ1) is 16.1. The van der Waals surface area contributed by atoms with Crippen molar-refractivity contribution in [2.24, 2.45) is 0 Å². The van der Waals surface area contributed by atoms with Crippen LogP contribution in [0, 0.1) is 0 Å².